The lowest BCUT2D eigenvalue weighted by Gasteiger charge is -2.11. The van der Waals surface area contributed by atoms with Crippen molar-refractivity contribution in [3.63, 3.8) is 0 Å². The number of furan rings is 1. The van der Waals surface area contributed by atoms with Gasteiger partial charge in [-0.2, -0.15) is 0 Å². The predicted octanol–water partition coefficient (Wildman–Crippen LogP) is 10.1. The molecule has 3 aromatic heterocycles. The Kier molecular flexibility index (Phi) is 5.74. The van der Waals surface area contributed by atoms with Gasteiger partial charge in [0, 0.05) is 39.0 Å². The number of nitrogens with zero attached hydrogens (tertiary/aromatic N) is 4. The van der Waals surface area contributed by atoms with Crippen LogP contribution in [0.1, 0.15) is 0 Å². The van der Waals surface area contributed by atoms with Gasteiger partial charge < -0.3 is 4.42 Å². The molecule has 0 aliphatic carbocycles. The molecule has 210 valence electrons. The normalized spacial score (nSPS) is 11.6. The van der Waals surface area contributed by atoms with Crippen LogP contribution in [0.25, 0.3) is 88.9 Å². The average Bonchev–Trinajstić information content (AvgIpc) is 3.51. The van der Waals surface area contributed by atoms with Crippen LogP contribution in [0, 0.1) is 0 Å². The first-order valence-electron chi connectivity index (χ1n) is 14.9. The Hall–Kier alpha value is -6.20. The molecule has 6 aromatic carbocycles. The van der Waals surface area contributed by atoms with Crippen molar-refractivity contribution < 1.29 is 4.42 Å². The van der Waals surface area contributed by atoms with Crippen molar-refractivity contribution in [2.75, 3.05) is 0 Å². The van der Waals surface area contributed by atoms with Crippen molar-refractivity contribution in [2.24, 2.45) is 0 Å². The molecule has 5 heteroatoms. The zero-order valence-electron chi connectivity index (χ0n) is 24.1. The Bertz CT molecular complexity index is 2540. The summed E-state index contributed by atoms with van der Waals surface area (Å²) in [5.74, 6) is 1.85. The summed E-state index contributed by atoms with van der Waals surface area (Å²) >= 11 is 0. The van der Waals surface area contributed by atoms with Gasteiger partial charge in [-0.05, 0) is 51.6 Å². The first-order chi connectivity index (χ1) is 22.3. The molecule has 0 saturated carbocycles. The molecule has 0 unspecified atom stereocenters. The van der Waals surface area contributed by atoms with Gasteiger partial charge in [0.1, 0.15) is 5.58 Å². The van der Waals surface area contributed by atoms with Crippen LogP contribution in [0.5, 0.6) is 0 Å². The van der Waals surface area contributed by atoms with E-state index in [4.69, 9.17) is 19.4 Å². The summed E-state index contributed by atoms with van der Waals surface area (Å²) in [6, 6.07) is 47.9. The van der Waals surface area contributed by atoms with Crippen molar-refractivity contribution >= 4 is 43.6 Å². The highest BCUT2D eigenvalue weighted by Crippen LogP contribution is 2.37. The molecule has 0 bridgehead atoms. The molecule has 45 heavy (non-hydrogen) atoms. The Morgan fingerprint density at radius 2 is 1.04 bits per heavy atom. The maximum absolute atomic E-state index is 6.25. The minimum absolute atomic E-state index is 0.608. The second kappa shape index (κ2) is 10.2. The molecule has 0 saturated heterocycles. The van der Waals surface area contributed by atoms with Crippen LogP contribution in [-0.4, -0.2) is 19.9 Å². The van der Waals surface area contributed by atoms with Gasteiger partial charge in [0.25, 0.3) is 0 Å². The number of benzene rings is 6. The van der Waals surface area contributed by atoms with Gasteiger partial charge in [-0.25, -0.2) is 19.9 Å². The van der Waals surface area contributed by atoms with Gasteiger partial charge in [0.2, 0.25) is 5.71 Å². The first-order valence-corrected chi connectivity index (χ1v) is 14.9. The average molecular weight is 577 g/mol. The number of fused-ring (bicyclic) bond motifs is 6. The smallest absolute Gasteiger partial charge is 0.227 e. The minimum Gasteiger partial charge on any atom is -0.437 e. The van der Waals surface area contributed by atoms with E-state index in [1.807, 2.05) is 48.5 Å². The lowest BCUT2D eigenvalue weighted by atomic mass is 10.00. The maximum atomic E-state index is 6.25. The Morgan fingerprint density at radius 3 is 1.89 bits per heavy atom. The third-order valence-corrected chi connectivity index (χ3v) is 8.41. The lowest BCUT2D eigenvalue weighted by Crippen LogP contribution is -2.00. The van der Waals surface area contributed by atoms with Crippen LogP contribution in [0.4, 0.5) is 0 Å². The summed E-state index contributed by atoms with van der Waals surface area (Å²) in [5, 5.41) is 6.49. The molecule has 0 atom stereocenters. The van der Waals surface area contributed by atoms with Gasteiger partial charge >= 0.3 is 0 Å². The van der Waals surface area contributed by atoms with Crippen molar-refractivity contribution in [1.82, 2.24) is 19.9 Å². The van der Waals surface area contributed by atoms with Crippen LogP contribution in [-0.2, 0) is 0 Å². The van der Waals surface area contributed by atoms with Crippen molar-refractivity contribution in [1.29, 1.82) is 0 Å². The fourth-order valence-corrected chi connectivity index (χ4v) is 6.14. The SMILES string of the molecule is c1ccc(-c2nc(-c3ccc(-c4ccc5ccccc5c4)cc3)nc(-c3cccc4c3ccc3c5cccnc5oc43)n2)cc1. The van der Waals surface area contributed by atoms with E-state index in [-0.39, 0.29) is 0 Å². The van der Waals surface area contributed by atoms with E-state index in [0.717, 1.165) is 49.4 Å². The fraction of sp³-hybridized carbons (Fsp3) is 0. The molecule has 9 aromatic rings. The predicted molar refractivity (Wildman–Crippen MR) is 182 cm³/mol. The van der Waals surface area contributed by atoms with Crippen LogP contribution < -0.4 is 0 Å². The molecular weight excluding hydrogens is 552 g/mol. The minimum atomic E-state index is 0.608. The van der Waals surface area contributed by atoms with Crippen LogP contribution in [0.15, 0.2) is 150 Å². The highest BCUT2D eigenvalue weighted by atomic mass is 16.3. The summed E-state index contributed by atoms with van der Waals surface area (Å²) in [5.41, 5.74) is 6.52. The standard InChI is InChI=1S/C40H24N4O/c1-2-9-27(10-3-1)37-42-38(28-18-15-26(16-19-28)30-20-17-25-8-4-5-11-29(25)24-30)44-39(43-37)34-13-6-12-32-31(34)21-22-33-35-14-7-23-41-40(35)45-36(32)33/h1-24H. The number of aromatic nitrogens is 4. The molecule has 0 radical (unpaired) electrons. The van der Waals surface area contributed by atoms with Gasteiger partial charge in [0.15, 0.2) is 17.5 Å². The van der Waals surface area contributed by atoms with E-state index in [2.05, 4.69) is 96.0 Å². The lowest BCUT2D eigenvalue weighted by molar-refractivity contribution is 0.657. The Labute approximate surface area is 258 Å². The summed E-state index contributed by atoms with van der Waals surface area (Å²) in [6.07, 6.45) is 1.75. The van der Waals surface area contributed by atoms with E-state index in [1.165, 1.54) is 16.3 Å². The van der Waals surface area contributed by atoms with E-state index in [9.17, 15) is 0 Å². The highest BCUT2D eigenvalue weighted by Gasteiger charge is 2.17. The second-order valence-electron chi connectivity index (χ2n) is 11.1. The molecule has 0 fully saturated rings. The van der Waals surface area contributed by atoms with E-state index in [0.29, 0.717) is 23.2 Å². The third kappa shape index (κ3) is 4.33. The van der Waals surface area contributed by atoms with Crippen molar-refractivity contribution in [3.8, 4) is 45.3 Å². The quantitative estimate of drug-likeness (QED) is 0.209. The molecule has 0 N–H and O–H groups in total. The Balaban J connectivity index is 1.19. The number of hydrogen-bond acceptors (Lipinski definition) is 5. The number of rotatable bonds is 4. The second-order valence-corrected chi connectivity index (χ2v) is 11.1. The topological polar surface area (TPSA) is 64.7 Å². The first kappa shape index (κ1) is 25.3. The zero-order valence-corrected chi connectivity index (χ0v) is 24.1. The van der Waals surface area contributed by atoms with E-state index >= 15 is 0 Å². The molecular formula is C40H24N4O. The fourth-order valence-electron chi connectivity index (χ4n) is 6.14. The van der Waals surface area contributed by atoms with E-state index in [1.54, 1.807) is 6.20 Å². The maximum Gasteiger partial charge on any atom is 0.227 e. The van der Waals surface area contributed by atoms with E-state index < -0.39 is 0 Å². The van der Waals surface area contributed by atoms with Crippen LogP contribution in [0.2, 0.25) is 0 Å². The molecule has 0 spiro atoms. The zero-order chi connectivity index (χ0) is 29.7. The molecule has 0 aliphatic rings. The molecule has 9 rings (SSSR count). The van der Waals surface area contributed by atoms with Gasteiger partial charge in [-0.3, -0.25) is 0 Å². The van der Waals surface area contributed by atoms with Crippen molar-refractivity contribution in [3.05, 3.63) is 146 Å². The van der Waals surface area contributed by atoms with Crippen molar-refractivity contribution in [2.45, 2.75) is 0 Å². The summed E-state index contributed by atoms with van der Waals surface area (Å²) in [6.45, 7) is 0. The number of hydrogen-bond donors (Lipinski definition) is 0. The molecule has 3 heterocycles. The van der Waals surface area contributed by atoms with Crippen LogP contribution in [0.3, 0.4) is 0 Å². The summed E-state index contributed by atoms with van der Waals surface area (Å²) in [4.78, 5) is 19.4. The van der Waals surface area contributed by atoms with Gasteiger partial charge in [-0.1, -0.05) is 115 Å². The van der Waals surface area contributed by atoms with Gasteiger partial charge in [-0.15, -0.1) is 0 Å². The van der Waals surface area contributed by atoms with Crippen LogP contribution >= 0.6 is 0 Å². The molecule has 0 amide bonds. The third-order valence-electron chi connectivity index (χ3n) is 8.41. The number of pyridine rings is 1. The molecule has 5 nitrogen and oxygen atoms in total. The monoisotopic (exact) mass is 576 g/mol. The summed E-state index contributed by atoms with van der Waals surface area (Å²) < 4.78 is 6.25. The largest absolute Gasteiger partial charge is 0.437 e. The van der Waals surface area contributed by atoms with Gasteiger partial charge in [0.05, 0.1) is 0 Å². The Morgan fingerprint density at radius 1 is 0.400 bits per heavy atom. The molecule has 0 aliphatic heterocycles. The summed E-state index contributed by atoms with van der Waals surface area (Å²) in [7, 11) is 0. The highest BCUT2D eigenvalue weighted by molar-refractivity contribution is 6.16.